The van der Waals surface area contributed by atoms with E-state index in [2.05, 4.69) is 27.3 Å². The fourth-order valence-electron chi connectivity index (χ4n) is 1.65. The zero-order valence-electron chi connectivity index (χ0n) is 9.70. The summed E-state index contributed by atoms with van der Waals surface area (Å²) in [5.74, 6) is 0. The van der Waals surface area contributed by atoms with Crippen LogP contribution in [0.3, 0.4) is 0 Å². The van der Waals surface area contributed by atoms with Crippen LogP contribution in [0, 0.1) is 11.3 Å². The minimum atomic E-state index is -0.555. The topological polar surface area (TPSA) is 35.8 Å². The fourth-order valence-corrected chi connectivity index (χ4v) is 2.62. The van der Waals surface area contributed by atoms with Gasteiger partial charge in [-0.3, -0.25) is 0 Å². The molecule has 1 N–H and O–H groups in total. The molecule has 0 aliphatic heterocycles. The molecule has 0 spiro atoms. The summed E-state index contributed by atoms with van der Waals surface area (Å²) in [4.78, 5) is 0. The number of benzene rings is 2. The quantitative estimate of drug-likeness (QED) is 0.796. The molecule has 0 radical (unpaired) electrons. The second-order valence-electron chi connectivity index (χ2n) is 3.85. The SMILES string of the molecule is N#CC(Nc1ccccc1Cl)c1ccc(Br)cc1Cl. The van der Waals surface area contributed by atoms with Gasteiger partial charge in [0.1, 0.15) is 6.04 Å². The lowest BCUT2D eigenvalue weighted by Crippen LogP contribution is -2.09. The van der Waals surface area contributed by atoms with Gasteiger partial charge in [0.05, 0.1) is 16.8 Å². The highest BCUT2D eigenvalue weighted by Crippen LogP contribution is 2.30. The number of hydrogen-bond acceptors (Lipinski definition) is 2. The molecule has 0 aliphatic rings. The van der Waals surface area contributed by atoms with Crippen LogP contribution in [0.2, 0.25) is 10.0 Å². The van der Waals surface area contributed by atoms with Crippen molar-refractivity contribution in [2.45, 2.75) is 6.04 Å². The number of halogens is 3. The average molecular weight is 356 g/mol. The van der Waals surface area contributed by atoms with E-state index in [0.717, 1.165) is 4.47 Å². The molecule has 0 heterocycles. The maximum atomic E-state index is 9.30. The third kappa shape index (κ3) is 3.42. The maximum Gasteiger partial charge on any atom is 0.141 e. The molecule has 2 aromatic rings. The molecule has 2 rings (SSSR count). The molecular weight excluding hydrogens is 347 g/mol. The van der Waals surface area contributed by atoms with E-state index in [-0.39, 0.29) is 0 Å². The largest absolute Gasteiger partial charge is 0.365 e. The molecule has 0 fully saturated rings. The third-order valence-electron chi connectivity index (χ3n) is 2.58. The summed E-state index contributed by atoms with van der Waals surface area (Å²) in [6.45, 7) is 0. The zero-order chi connectivity index (χ0) is 13.8. The molecule has 2 aromatic carbocycles. The lowest BCUT2D eigenvalue weighted by molar-refractivity contribution is 0.997. The highest BCUT2D eigenvalue weighted by molar-refractivity contribution is 9.10. The third-order valence-corrected chi connectivity index (χ3v) is 3.73. The van der Waals surface area contributed by atoms with Crippen molar-refractivity contribution in [3.63, 3.8) is 0 Å². The average Bonchev–Trinajstić information content (AvgIpc) is 2.39. The molecule has 0 bridgehead atoms. The van der Waals surface area contributed by atoms with Crippen LogP contribution < -0.4 is 5.32 Å². The van der Waals surface area contributed by atoms with E-state index >= 15 is 0 Å². The number of para-hydroxylation sites is 1. The summed E-state index contributed by atoms with van der Waals surface area (Å²) in [7, 11) is 0. The van der Waals surface area contributed by atoms with Crippen LogP contribution >= 0.6 is 39.1 Å². The van der Waals surface area contributed by atoms with E-state index in [0.29, 0.717) is 21.3 Å². The number of rotatable bonds is 3. The van der Waals surface area contributed by atoms with Crippen LogP contribution in [0.25, 0.3) is 0 Å². The van der Waals surface area contributed by atoms with Crippen molar-refractivity contribution in [2.75, 3.05) is 5.32 Å². The smallest absolute Gasteiger partial charge is 0.141 e. The summed E-state index contributed by atoms with van der Waals surface area (Å²) in [5, 5.41) is 13.5. The second kappa shape index (κ2) is 6.29. The predicted molar refractivity (Wildman–Crippen MR) is 82.6 cm³/mol. The van der Waals surface area contributed by atoms with Gasteiger partial charge in [0.2, 0.25) is 0 Å². The Morgan fingerprint density at radius 3 is 2.47 bits per heavy atom. The maximum absolute atomic E-state index is 9.30. The van der Waals surface area contributed by atoms with E-state index in [1.165, 1.54) is 0 Å². The van der Waals surface area contributed by atoms with Gasteiger partial charge in [-0.15, -0.1) is 0 Å². The molecular formula is C14H9BrCl2N2. The first-order valence-electron chi connectivity index (χ1n) is 5.47. The van der Waals surface area contributed by atoms with Crippen molar-refractivity contribution in [1.82, 2.24) is 0 Å². The van der Waals surface area contributed by atoms with Crippen LogP contribution in [0.5, 0.6) is 0 Å². The van der Waals surface area contributed by atoms with Gasteiger partial charge < -0.3 is 5.32 Å². The first-order chi connectivity index (χ1) is 9.11. The van der Waals surface area contributed by atoms with Crippen molar-refractivity contribution >= 4 is 44.8 Å². The first kappa shape index (κ1) is 14.2. The molecule has 1 unspecified atom stereocenters. The minimum absolute atomic E-state index is 0.528. The molecule has 2 nitrogen and oxygen atoms in total. The van der Waals surface area contributed by atoms with Gasteiger partial charge in [-0.25, -0.2) is 0 Å². The zero-order valence-corrected chi connectivity index (χ0v) is 12.8. The molecule has 0 aliphatic carbocycles. The molecule has 19 heavy (non-hydrogen) atoms. The van der Waals surface area contributed by atoms with Crippen molar-refractivity contribution in [1.29, 1.82) is 5.26 Å². The Hall–Kier alpha value is -1.21. The van der Waals surface area contributed by atoms with Gasteiger partial charge >= 0.3 is 0 Å². The molecule has 0 amide bonds. The van der Waals surface area contributed by atoms with E-state index < -0.39 is 6.04 Å². The Morgan fingerprint density at radius 2 is 1.84 bits per heavy atom. The summed E-state index contributed by atoms with van der Waals surface area (Å²) in [6, 6.07) is 14.3. The Kier molecular flexibility index (Phi) is 4.71. The number of anilines is 1. The van der Waals surface area contributed by atoms with Gasteiger partial charge in [0, 0.05) is 15.1 Å². The van der Waals surface area contributed by atoms with Gasteiger partial charge in [-0.2, -0.15) is 5.26 Å². The van der Waals surface area contributed by atoms with Crippen molar-refractivity contribution in [2.24, 2.45) is 0 Å². The second-order valence-corrected chi connectivity index (χ2v) is 5.58. The van der Waals surface area contributed by atoms with Crippen molar-refractivity contribution in [3.05, 3.63) is 62.5 Å². The summed E-state index contributed by atoms with van der Waals surface area (Å²) >= 11 is 15.6. The lowest BCUT2D eigenvalue weighted by Gasteiger charge is -2.15. The predicted octanol–water partition coefficient (Wildman–Crippen LogP) is 5.43. The van der Waals surface area contributed by atoms with E-state index in [1.54, 1.807) is 12.1 Å². The fraction of sp³-hybridized carbons (Fsp3) is 0.0714. The van der Waals surface area contributed by atoms with Crippen LogP contribution in [-0.2, 0) is 0 Å². The highest BCUT2D eigenvalue weighted by atomic mass is 79.9. The van der Waals surface area contributed by atoms with Crippen LogP contribution in [0.4, 0.5) is 5.69 Å². The molecule has 0 aromatic heterocycles. The van der Waals surface area contributed by atoms with E-state index in [9.17, 15) is 5.26 Å². The van der Waals surface area contributed by atoms with Crippen molar-refractivity contribution in [3.8, 4) is 6.07 Å². The molecule has 1 atom stereocenters. The molecule has 96 valence electrons. The van der Waals surface area contributed by atoms with E-state index in [1.807, 2.05) is 30.3 Å². The normalized spacial score (nSPS) is 11.7. The van der Waals surface area contributed by atoms with Gasteiger partial charge in [-0.05, 0) is 24.3 Å². The monoisotopic (exact) mass is 354 g/mol. The number of nitrogens with one attached hydrogen (secondary N) is 1. The van der Waals surface area contributed by atoms with E-state index in [4.69, 9.17) is 23.2 Å². The highest BCUT2D eigenvalue weighted by Gasteiger charge is 2.15. The van der Waals surface area contributed by atoms with Crippen molar-refractivity contribution < 1.29 is 0 Å². The number of hydrogen-bond donors (Lipinski definition) is 1. The van der Waals surface area contributed by atoms with Gasteiger partial charge in [0.15, 0.2) is 0 Å². The summed E-state index contributed by atoms with van der Waals surface area (Å²) in [6.07, 6.45) is 0. The Balaban J connectivity index is 2.31. The summed E-state index contributed by atoms with van der Waals surface area (Å²) < 4.78 is 0.871. The van der Waals surface area contributed by atoms with Crippen LogP contribution in [0.15, 0.2) is 46.9 Å². The van der Waals surface area contributed by atoms with Gasteiger partial charge in [-0.1, -0.05) is 57.3 Å². The molecule has 0 saturated carbocycles. The van der Waals surface area contributed by atoms with Gasteiger partial charge in [0.25, 0.3) is 0 Å². The van der Waals surface area contributed by atoms with Crippen LogP contribution in [0.1, 0.15) is 11.6 Å². The first-order valence-corrected chi connectivity index (χ1v) is 7.02. The standard InChI is InChI=1S/C14H9BrCl2N2/c15-9-5-6-10(12(17)7-9)14(8-18)19-13-4-2-1-3-11(13)16/h1-7,14,19H. The lowest BCUT2D eigenvalue weighted by atomic mass is 10.1. The minimum Gasteiger partial charge on any atom is -0.365 e. The molecule has 5 heteroatoms. The summed E-state index contributed by atoms with van der Waals surface area (Å²) in [5.41, 5.74) is 1.42. The Morgan fingerprint density at radius 1 is 1.11 bits per heavy atom. The van der Waals surface area contributed by atoms with Crippen LogP contribution in [-0.4, -0.2) is 0 Å². The number of nitrogens with zero attached hydrogens (tertiary/aromatic N) is 1. The Bertz CT molecular complexity index is 638. The molecule has 0 saturated heterocycles. The Labute approximate surface area is 130 Å². The number of nitriles is 1.